The van der Waals surface area contributed by atoms with Crippen LogP contribution in [0.1, 0.15) is 35.8 Å². The predicted octanol–water partition coefficient (Wildman–Crippen LogP) is 3.03. The van der Waals surface area contributed by atoms with Crippen LogP contribution in [0.3, 0.4) is 0 Å². The van der Waals surface area contributed by atoms with Gasteiger partial charge in [0.25, 0.3) is 0 Å². The number of aromatic nitrogens is 2. The summed E-state index contributed by atoms with van der Waals surface area (Å²) in [5.74, 6) is 2.32. The number of hydrogen-bond donors (Lipinski definition) is 1. The van der Waals surface area contributed by atoms with E-state index in [4.69, 9.17) is 5.73 Å². The number of halogens is 2. The number of hydrogen-bond acceptors (Lipinski definition) is 6. The molecule has 1 aromatic carbocycles. The first-order valence-electron chi connectivity index (χ1n) is 9.24. The molecular weight excluding hydrogens is 395 g/mol. The van der Waals surface area contributed by atoms with E-state index in [-0.39, 0.29) is 24.8 Å². The molecule has 0 spiro atoms. The summed E-state index contributed by atoms with van der Waals surface area (Å²) < 4.78 is 0. The smallest absolute Gasteiger partial charge is 0.132 e. The van der Waals surface area contributed by atoms with Gasteiger partial charge in [-0.1, -0.05) is 12.1 Å². The minimum absolute atomic E-state index is 0. The predicted molar refractivity (Wildman–Crippen MR) is 117 cm³/mol. The minimum Gasteiger partial charge on any atom is -0.367 e. The van der Waals surface area contributed by atoms with Crippen molar-refractivity contribution in [3.63, 3.8) is 0 Å². The minimum atomic E-state index is 0. The Morgan fingerprint density at radius 2 is 1.68 bits per heavy atom. The molecule has 150 valence electrons. The van der Waals surface area contributed by atoms with Crippen molar-refractivity contribution in [2.24, 2.45) is 5.73 Å². The number of nitriles is 1. The fourth-order valence-corrected chi connectivity index (χ4v) is 3.87. The number of aryl methyl sites for hydroxylation is 1. The van der Waals surface area contributed by atoms with Crippen LogP contribution in [0.15, 0.2) is 30.3 Å². The van der Waals surface area contributed by atoms with Crippen LogP contribution in [0.2, 0.25) is 0 Å². The van der Waals surface area contributed by atoms with Crippen molar-refractivity contribution in [3.05, 3.63) is 47.4 Å². The molecule has 6 nitrogen and oxygen atoms in total. The average molecular weight is 421 g/mol. The Kier molecular flexibility index (Phi) is 7.48. The largest absolute Gasteiger partial charge is 0.367 e. The molecule has 0 bridgehead atoms. The first kappa shape index (κ1) is 22.2. The lowest BCUT2D eigenvalue weighted by molar-refractivity contribution is 0.344. The van der Waals surface area contributed by atoms with E-state index in [0.29, 0.717) is 12.0 Å². The van der Waals surface area contributed by atoms with Gasteiger partial charge in [0.1, 0.15) is 17.7 Å². The third kappa shape index (κ3) is 4.49. The molecule has 1 aromatic heterocycles. The maximum absolute atomic E-state index is 9.33. The molecule has 0 atom stereocenters. The highest BCUT2D eigenvalue weighted by Gasteiger charge is 2.29. The van der Waals surface area contributed by atoms with Gasteiger partial charge in [-0.05, 0) is 31.9 Å². The highest BCUT2D eigenvalue weighted by Crippen LogP contribution is 2.35. The van der Waals surface area contributed by atoms with Gasteiger partial charge >= 0.3 is 0 Å². The van der Waals surface area contributed by atoms with E-state index in [1.165, 1.54) is 0 Å². The molecular formula is C20H26Cl2N6. The van der Waals surface area contributed by atoms with Crippen LogP contribution >= 0.6 is 24.8 Å². The van der Waals surface area contributed by atoms with Crippen LogP contribution in [0.25, 0.3) is 0 Å². The molecule has 2 heterocycles. The summed E-state index contributed by atoms with van der Waals surface area (Å²) in [7, 11) is 0. The van der Waals surface area contributed by atoms with E-state index in [9.17, 15) is 5.26 Å². The van der Waals surface area contributed by atoms with Gasteiger partial charge in [-0.25, -0.2) is 9.97 Å². The van der Waals surface area contributed by atoms with Crippen LogP contribution in [0.5, 0.6) is 0 Å². The summed E-state index contributed by atoms with van der Waals surface area (Å²) >= 11 is 0. The summed E-state index contributed by atoms with van der Waals surface area (Å²) in [5.41, 5.74) is 8.83. The molecule has 0 unspecified atom stereocenters. The number of anilines is 2. The van der Waals surface area contributed by atoms with Crippen molar-refractivity contribution in [2.75, 3.05) is 36.0 Å². The van der Waals surface area contributed by atoms with Crippen molar-refractivity contribution in [2.45, 2.75) is 31.7 Å². The van der Waals surface area contributed by atoms with Gasteiger partial charge in [0, 0.05) is 49.9 Å². The first-order valence-corrected chi connectivity index (χ1v) is 9.24. The second-order valence-corrected chi connectivity index (χ2v) is 7.23. The number of piperazine rings is 1. The second-order valence-electron chi connectivity index (χ2n) is 7.23. The van der Waals surface area contributed by atoms with Crippen LogP contribution in [0, 0.1) is 18.3 Å². The molecule has 2 aliphatic rings. The Labute approximate surface area is 178 Å². The molecule has 2 fully saturated rings. The van der Waals surface area contributed by atoms with E-state index in [0.717, 1.165) is 67.6 Å². The van der Waals surface area contributed by atoms with E-state index in [1.54, 1.807) is 0 Å². The number of nitrogens with two attached hydrogens (primary N) is 1. The molecule has 1 saturated carbocycles. The van der Waals surface area contributed by atoms with Gasteiger partial charge in [0.05, 0.1) is 11.3 Å². The van der Waals surface area contributed by atoms with Gasteiger partial charge in [0.15, 0.2) is 0 Å². The lowest BCUT2D eigenvalue weighted by Gasteiger charge is -2.38. The monoisotopic (exact) mass is 420 g/mol. The van der Waals surface area contributed by atoms with Crippen LogP contribution in [-0.2, 0) is 0 Å². The number of benzene rings is 1. The summed E-state index contributed by atoms with van der Waals surface area (Å²) in [5, 5.41) is 9.33. The van der Waals surface area contributed by atoms with Gasteiger partial charge in [-0.2, -0.15) is 5.26 Å². The summed E-state index contributed by atoms with van der Waals surface area (Å²) in [6.45, 7) is 5.50. The SMILES string of the molecule is Cc1nc(C2CC(N)C2)cc(N2CCN(c3ccccc3C#N)CC2)n1.Cl.Cl. The summed E-state index contributed by atoms with van der Waals surface area (Å²) in [6.07, 6.45) is 2.04. The molecule has 1 saturated heterocycles. The number of rotatable bonds is 3. The normalized spacial score (nSPS) is 21.0. The Bertz CT molecular complexity index is 839. The van der Waals surface area contributed by atoms with Gasteiger partial charge in [0.2, 0.25) is 0 Å². The van der Waals surface area contributed by atoms with Crippen LogP contribution in [-0.4, -0.2) is 42.2 Å². The molecule has 2 N–H and O–H groups in total. The summed E-state index contributed by atoms with van der Waals surface area (Å²) in [6, 6.07) is 12.6. The zero-order chi connectivity index (χ0) is 18.1. The number of para-hydroxylation sites is 1. The third-order valence-corrected chi connectivity index (χ3v) is 5.41. The average Bonchev–Trinajstić information content (AvgIpc) is 2.65. The standard InChI is InChI=1S/C20H24N6.2ClH/c1-14-23-18(16-10-17(22)11-16)12-20(24-14)26-8-6-25(7-9-26)19-5-3-2-4-15(19)13-21;;/h2-5,12,16-17H,6-11,22H2,1H3;2*1H. The van der Waals surface area contributed by atoms with E-state index in [2.05, 4.69) is 31.9 Å². The van der Waals surface area contributed by atoms with Crippen molar-refractivity contribution >= 4 is 36.3 Å². The fraction of sp³-hybridized carbons (Fsp3) is 0.450. The molecule has 28 heavy (non-hydrogen) atoms. The Morgan fingerprint density at radius 1 is 1.04 bits per heavy atom. The van der Waals surface area contributed by atoms with E-state index in [1.807, 2.05) is 31.2 Å². The molecule has 1 aliphatic heterocycles. The highest BCUT2D eigenvalue weighted by atomic mass is 35.5. The molecule has 1 aliphatic carbocycles. The quantitative estimate of drug-likeness (QED) is 0.821. The zero-order valence-electron chi connectivity index (χ0n) is 15.9. The molecule has 0 amide bonds. The Morgan fingerprint density at radius 3 is 2.32 bits per heavy atom. The van der Waals surface area contributed by atoms with Gasteiger partial charge in [-0.15, -0.1) is 24.8 Å². The molecule has 8 heteroatoms. The lowest BCUT2D eigenvalue weighted by Crippen LogP contribution is -2.47. The fourth-order valence-electron chi connectivity index (χ4n) is 3.87. The summed E-state index contributed by atoms with van der Waals surface area (Å²) in [4.78, 5) is 13.9. The maximum atomic E-state index is 9.33. The maximum Gasteiger partial charge on any atom is 0.132 e. The lowest BCUT2D eigenvalue weighted by atomic mass is 9.78. The van der Waals surface area contributed by atoms with Crippen molar-refractivity contribution < 1.29 is 0 Å². The molecule has 0 radical (unpaired) electrons. The van der Waals surface area contributed by atoms with Gasteiger partial charge < -0.3 is 15.5 Å². The van der Waals surface area contributed by atoms with Crippen molar-refractivity contribution in [3.8, 4) is 6.07 Å². The molecule has 2 aromatic rings. The third-order valence-electron chi connectivity index (χ3n) is 5.41. The molecule has 4 rings (SSSR count). The number of nitrogens with zero attached hydrogens (tertiary/aromatic N) is 5. The second kappa shape index (κ2) is 9.42. The van der Waals surface area contributed by atoms with Crippen molar-refractivity contribution in [1.82, 2.24) is 9.97 Å². The zero-order valence-corrected chi connectivity index (χ0v) is 17.5. The van der Waals surface area contributed by atoms with E-state index >= 15 is 0 Å². The van der Waals surface area contributed by atoms with Gasteiger partial charge in [-0.3, -0.25) is 0 Å². The Balaban J connectivity index is 0.00000140. The van der Waals surface area contributed by atoms with Crippen LogP contribution < -0.4 is 15.5 Å². The Hall–Kier alpha value is -2.07. The van der Waals surface area contributed by atoms with Crippen LogP contribution in [0.4, 0.5) is 11.5 Å². The van der Waals surface area contributed by atoms with Crippen molar-refractivity contribution in [1.29, 1.82) is 5.26 Å². The topological polar surface area (TPSA) is 82.1 Å². The first-order chi connectivity index (χ1) is 12.6. The highest BCUT2D eigenvalue weighted by molar-refractivity contribution is 5.85. The van der Waals surface area contributed by atoms with E-state index < -0.39 is 0 Å².